The molecule has 0 aromatic heterocycles. The van der Waals surface area contributed by atoms with Gasteiger partial charge in [-0.25, -0.2) is 0 Å². The van der Waals surface area contributed by atoms with E-state index in [1.807, 2.05) is 24.3 Å². The average Bonchev–Trinajstić information content (AvgIpc) is 3.20. The quantitative estimate of drug-likeness (QED) is 0.582. The van der Waals surface area contributed by atoms with Crippen molar-refractivity contribution in [1.29, 1.82) is 0 Å². The van der Waals surface area contributed by atoms with Gasteiger partial charge in [0.15, 0.2) is 0 Å². The molecule has 2 aliphatic rings. The summed E-state index contributed by atoms with van der Waals surface area (Å²) in [6.07, 6.45) is 3.83. The van der Waals surface area contributed by atoms with Gasteiger partial charge in [-0.2, -0.15) is 0 Å². The van der Waals surface area contributed by atoms with Crippen molar-refractivity contribution in [2.75, 3.05) is 24.5 Å². The number of hydrogen-bond donors (Lipinski definition) is 0. The minimum Gasteiger partial charge on any atom is -0.462 e. The Morgan fingerprint density at radius 1 is 1.19 bits per heavy atom. The number of thioether (sulfide) groups is 1. The number of ether oxygens (including phenoxy) is 1. The van der Waals surface area contributed by atoms with Crippen molar-refractivity contribution >= 4 is 40.6 Å². The van der Waals surface area contributed by atoms with E-state index in [4.69, 9.17) is 4.74 Å². The van der Waals surface area contributed by atoms with Crippen LogP contribution in [0.1, 0.15) is 32.3 Å². The minimum atomic E-state index is -0.585. The topological polar surface area (TPSA) is 66.9 Å². The molecule has 2 amide bonds. The van der Waals surface area contributed by atoms with Gasteiger partial charge in [-0.15, -0.1) is 0 Å². The first-order valence-electron chi connectivity index (χ1n) is 8.74. The second-order valence-electron chi connectivity index (χ2n) is 6.59. The summed E-state index contributed by atoms with van der Waals surface area (Å²) >= 11 is 0.847. The molecule has 0 bridgehead atoms. The van der Waals surface area contributed by atoms with E-state index in [1.165, 1.54) is 18.5 Å². The molecule has 2 heterocycles. The molecule has 7 heteroatoms. The first-order chi connectivity index (χ1) is 12.4. The lowest BCUT2D eigenvalue weighted by atomic mass is 10.2. The number of benzene rings is 1. The molecule has 0 N–H and O–H groups in total. The van der Waals surface area contributed by atoms with E-state index in [0.717, 1.165) is 35.3 Å². The summed E-state index contributed by atoms with van der Waals surface area (Å²) < 4.78 is 5.01. The Kier molecular flexibility index (Phi) is 5.66. The van der Waals surface area contributed by atoms with Crippen LogP contribution in [0.2, 0.25) is 0 Å². The lowest BCUT2D eigenvalue weighted by molar-refractivity contribution is -0.149. The third kappa shape index (κ3) is 4.27. The SMILES string of the molecule is CC(C)OC(=O)CN1C(=O)S/C(=C\c2ccc(N3CCCC3)cc2)C1=O. The molecule has 6 nitrogen and oxygen atoms in total. The van der Waals surface area contributed by atoms with E-state index in [9.17, 15) is 14.4 Å². The molecule has 0 spiro atoms. The third-order valence-electron chi connectivity index (χ3n) is 4.19. The number of hydrogen-bond acceptors (Lipinski definition) is 6. The standard InChI is InChI=1S/C19H22N2O4S/c1-13(2)25-17(22)12-21-18(23)16(26-19(21)24)11-14-5-7-15(8-6-14)20-9-3-4-10-20/h5-8,11,13H,3-4,9-10,12H2,1-2H3/b16-11-. The van der Waals surface area contributed by atoms with Crippen molar-refractivity contribution < 1.29 is 19.1 Å². The molecule has 1 aromatic rings. The fraction of sp³-hybridized carbons (Fsp3) is 0.421. The Morgan fingerprint density at radius 2 is 1.85 bits per heavy atom. The fourth-order valence-electron chi connectivity index (χ4n) is 2.97. The third-order valence-corrected chi connectivity index (χ3v) is 5.10. The molecule has 2 fully saturated rings. The Hall–Kier alpha value is -2.28. The van der Waals surface area contributed by atoms with Crippen molar-refractivity contribution in [3.05, 3.63) is 34.7 Å². The number of carbonyl (C=O) groups is 3. The van der Waals surface area contributed by atoms with Crippen LogP contribution in [0.5, 0.6) is 0 Å². The molecule has 2 saturated heterocycles. The summed E-state index contributed by atoms with van der Waals surface area (Å²) in [5.41, 5.74) is 2.02. The van der Waals surface area contributed by atoms with Gasteiger partial charge in [-0.1, -0.05) is 12.1 Å². The zero-order valence-electron chi connectivity index (χ0n) is 14.9. The number of carbonyl (C=O) groups excluding carboxylic acids is 3. The normalized spacial score (nSPS) is 19.1. The zero-order valence-corrected chi connectivity index (χ0v) is 15.8. The van der Waals surface area contributed by atoms with E-state index < -0.39 is 17.1 Å². The summed E-state index contributed by atoms with van der Waals surface area (Å²) in [5, 5.41) is -0.448. The first-order valence-corrected chi connectivity index (χ1v) is 9.55. The maximum atomic E-state index is 12.4. The van der Waals surface area contributed by atoms with Gasteiger partial charge in [-0.05, 0) is 62.2 Å². The maximum absolute atomic E-state index is 12.4. The smallest absolute Gasteiger partial charge is 0.326 e. The van der Waals surface area contributed by atoms with Gasteiger partial charge in [0.05, 0.1) is 11.0 Å². The molecule has 0 unspecified atom stereocenters. The number of imide groups is 1. The summed E-state index contributed by atoms with van der Waals surface area (Å²) in [6.45, 7) is 5.23. The Bertz CT molecular complexity index is 736. The Morgan fingerprint density at radius 3 is 2.46 bits per heavy atom. The highest BCUT2D eigenvalue weighted by molar-refractivity contribution is 8.18. The molecule has 0 saturated carbocycles. The van der Waals surface area contributed by atoms with Crippen molar-refractivity contribution in [2.24, 2.45) is 0 Å². The van der Waals surface area contributed by atoms with Gasteiger partial charge >= 0.3 is 5.97 Å². The maximum Gasteiger partial charge on any atom is 0.326 e. The van der Waals surface area contributed by atoms with Crippen molar-refractivity contribution in [3.63, 3.8) is 0 Å². The molecular formula is C19H22N2O4S. The molecule has 2 aliphatic heterocycles. The Balaban J connectivity index is 1.68. The lowest BCUT2D eigenvalue weighted by Crippen LogP contribution is -2.35. The fourth-order valence-corrected chi connectivity index (χ4v) is 3.81. The van der Waals surface area contributed by atoms with Crippen LogP contribution in [0, 0.1) is 0 Å². The molecule has 0 atom stereocenters. The van der Waals surface area contributed by atoms with Crippen LogP contribution in [0.15, 0.2) is 29.2 Å². The highest BCUT2D eigenvalue weighted by Crippen LogP contribution is 2.32. The van der Waals surface area contributed by atoms with E-state index in [2.05, 4.69) is 4.90 Å². The van der Waals surface area contributed by atoms with Crippen LogP contribution >= 0.6 is 11.8 Å². The van der Waals surface area contributed by atoms with Crippen molar-refractivity contribution in [1.82, 2.24) is 4.90 Å². The Labute approximate surface area is 157 Å². The highest BCUT2D eigenvalue weighted by atomic mass is 32.2. The van der Waals surface area contributed by atoms with Crippen molar-refractivity contribution in [3.8, 4) is 0 Å². The largest absolute Gasteiger partial charge is 0.462 e. The second-order valence-corrected chi connectivity index (χ2v) is 7.59. The van der Waals surface area contributed by atoms with Crippen LogP contribution in [-0.2, 0) is 14.3 Å². The van der Waals surface area contributed by atoms with Crippen LogP contribution in [0.25, 0.3) is 6.08 Å². The molecule has 0 aliphatic carbocycles. The molecule has 1 aromatic carbocycles. The van der Waals surface area contributed by atoms with Crippen LogP contribution < -0.4 is 4.90 Å². The van der Waals surface area contributed by atoms with Gasteiger partial charge in [-0.3, -0.25) is 19.3 Å². The van der Waals surface area contributed by atoms with E-state index in [0.29, 0.717) is 4.91 Å². The van der Waals surface area contributed by atoms with Gasteiger partial charge < -0.3 is 9.64 Å². The van der Waals surface area contributed by atoms with Gasteiger partial charge in [0, 0.05) is 18.8 Å². The van der Waals surface area contributed by atoms with Crippen molar-refractivity contribution in [2.45, 2.75) is 32.8 Å². The van der Waals surface area contributed by atoms with Crippen LogP contribution in [0.3, 0.4) is 0 Å². The summed E-state index contributed by atoms with van der Waals surface area (Å²) in [7, 11) is 0. The number of anilines is 1. The van der Waals surface area contributed by atoms with E-state index in [-0.39, 0.29) is 12.6 Å². The highest BCUT2D eigenvalue weighted by Gasteiger charge is 2.36. The molecular weight excluding hydrogens is 352 g/mol. The molecule has 26 heavy (non-hydrogen) atoms. The average molecular weight is 374 g/mol. The summed E-state index contributed by atoms with van der Waals surface area (Å²) in [6, 6.07) is 7.94. The molecule has 3 rings (SSSR count). The monoisotopic (exact) mass is 374 g/mol. The molecule has 0 radical (unpaired) electrons. The second kappa shape index (κ2) is 7.95. The number of nitrogens with zero attached hydrogens (tertiary/aromatic N) is 2. The van der Waals surface area contributed by atoms with Crippen LogP contribution in [-0.4, -0.2) is 47.8 Å². The molecule has 138 valence electrons. The van der Waals surface area contributed by atoms with E-state index >= 15 is 0 Å². The minimum absolute atomic E-state index is 0.285. The summed E-state index contributed by atoms with van der Waals surface area (Å²) in [5.74, 6) is -1.04. The zero-order chi connectivity index (χ0) is 18.7. The predicted molar refractivity (Wildman–Crippen MR) is 102 cm³/mol. The number of esters is 1. The number of amides is 2. The predicted octanol–water partition coefficient (Wildman–Crippen LogP) is 3.27. The van der Waals surface area contributed by atoms with Gasteiger partial charge in [0.1, 0.15) is 6.54 Å². The first kappa shape index (κ1) is 18.5. The lowest BCUT2D eigenvalue weighted by Gasteiger charge is -2.17. The van der Waals surface area contributed by atoms with Gasteiger partial charge in [0.2, 0.25) is 0 Å². The van der Waals surface area contributed by atoms with E-state index in [1.54, 1.807) is 19.9 Å². The van der Waals surface area contributed by atoms with Gasteiger partial charge in [0.25, 0.3) is 11.1 Å². The van der Waals surface area contributed by atoms with Crippen LogP contribution in [0.4, 0.5) is 10.5 Å². The number of rotatable bonds is 5. The summed E-state index contributed by atoms with van der Waals surface area (Å²) in [4.78, 5) is 39.8.